The number of carbonyl (C=O) groups excluding carboxylic acids is 1. The standard InChI is InChI=1S/C18H28N4O6S/c1-3-29(26,27)20-14-4-5-16(15(12-14)18(24)25)22-9-7-21(8-10-22)13-17(23)19-6-11-28-2/h4-5,12,20H,3,6-11,13H2,1-2H3,(H,19,23)(H,24,25). The van der Waals surface area contributed by atoms with Crippen LogP contribution in [0, 0.1) is 0 Å². The van der Waals surface area contributed by atoms with Gasteiger partial charge in [0.25, 0.3) is 0 Å². The molecule has 3 N–H and O–H groups in total. The molecular formula is C18H28N4O6S. The van der Waals surface area contributed by atoms with E-state index in [9.17, 15) is 23.1 Å². The van der Waals surface area contributed by atoms with E-state index in [1.54, 1.807) is 19.2 Å². The summed E-state index contributed by atoms with van der Waals surface area (Å²) in [6.07, 6.45) is 0. The Morgan fingerprint density at radius 1 is 1.21 bits per heavy atom. The number of anilines is 2. The first kappa shape index (κ1) is 22.9. The Balaban J connectivity index is 2.01. The summed E-state index contributed by atoms with van der Waals surface area (Å²) in [5.74, 6) is -1.30. The third-order valence-electron chi connectivity index (χ3n) is 4.59. The molecular weight excluding hydrogens is 400 g/mol. The van der Waals surface area contributed by atoms with Crippen molar-refractivity contribution in [1.82, 2.24) is 10.2 Å². The maximum Gasteiger partial charge on any atom is 0.337 e. The van der Waals surface area contributed by atoms with Crippen molar-refractivity contribution in [2.75, 3.05) is 68.4 Å². The Kier molecular flexibility index (Phi) is 8.23. The molecule has 2 rings (SSSR count). The molecule has 1 fully saturated rings. The largest absolute Gasteiger partial charge is 0.478 e. The van der Waals surface area contributed by atoms with Gasteiger partial charge in [-0.25, -0.2) is 13.2 Å². The molecule has 29 heavy (non-hydrogen) atoms. The summed E-state index contributed by atoms with van der Waals surface area (Å²) in [5, 5.41) is 12.3. The van der Waals surface area contributed by atoms with E-state index < -0.39 is 16.0 Å². The average molecular weight is 429 g/mol. The highest BCUT2D eigenvalue weighted by molar-refractivity contribution is 7.92. The van der Waals surface area contributed by atoms with Crippen molar-refractivity contribution in [3.8, 4) is 0 Å². The number of piperazine rings is 1. The Morgan fingerprint density at radius 3 is 2.48 bits per heavy atom. The molecule has 0 atom stereocenters. The molecule has 0 unspecified atom stereocenters. The van der Waals surface area contributed by atoms with Crippen LogP contribution in [0.3, 0.4) is 0 Å². The summed E-state index contributed by atoms with van der Waals surface area (Å²) in [5.41, 5.74) is 0.785. The van der Waals surface area contributed by atoms with E-state index in [-0.39, 0.29) is 29.5 Å². The highest BCUT2D eigenvalue weighted by Gasteiger charge is 2.23. The van der Waals surface area contributed by atoms with Gasteiger partial charge in [-0.05, 0) is 25.1 Å². The molecule has 10 nitrogen and oxygen atoms in total. The first-order chi connectivity index (χ1) is 13.8. The lowest BCUT2D eigenvalue weighted by atomic mass is 10.1. The number of ether oxygens (including phenoxy) is 1. The minimum Gasteiger partial charge on any atom is -0.478 e. The SMILES string of the molecule is CCS(=O)(=O)Nc1ccc(N2CCN(CC(=O)NCCOC)CC2)c(C(=O)O)c1. The van der Waals surface area contributed by atoms with Gasteiger partial charge < -0.3 is 20.1 Å². The van der Waals surface area contributed by atoms with Gasteiger partial charge >= 0.3 is 5.97 Å². The maximum absolute atomic E-state index is 11.9. The van der Waals surface area contributed by atoms with Crippen LogP contribution in [-0.4, -0.2) is 89.0 Å². The van der Waals surface area contributed by atoms with Gasteiger partial charge in [-0.2, -0.15) is 0 Å². The Hall–Kier alpha value is -2.37. The summed E-state index contributed by atoms with van der Waals surface area (Å²) in [7, 11) is -1.92. The van der Waals surface area contributed by atoms with Crippen molar-refractivity contribution in [2.24, 2.45) is 0 Å². The van der Waals surface area contributed by atoms with Gasteiger partial charge in [-0.1, -0.05) is 0 Å². The van der Waals surface area contributed by atoms with Crippen molar-refractivity contribution in [3.05, 3.63) is 23.8 Å². The molecule has 0 radical (unpaired) electrons. The minimum absolute atomic E-state index is 0.0343. The summed E-state index contributed by atoms with van der Waals surface area (Å²) in [4.78, 5) is 27.5. The third-order valence-corrected chi connectivity index (χ3v) is 5.90. The van der Waals surface area contributed by atoms with Crippen LogP contribution in [0.15, 0.2) is 18.2 Å². The van der Waals surface area contributed by atoms with Crippen molar-refractivity contribution < 1.29 is 27.9 Å². The van der Waals surface area contributed by atoms with Crippen LogP contribution >= 0.6 is 0 Å². The number of nitrogens with one attached hydrogen (secondary N) is 2. The monoisotopic (exact) mass is 428 g/mol. The summed E-state index contributed by atoms with van der Waals surface area (Å²) >= 11 is 0. The van der Waals surface area contributed by atoms with Crippen LogP contribution in [0.4, 0.5) is 11.4 Å². The van der Waals surface area contributed by atoms with Gasteiger partial charge in [0.15, 0.2) is 0 Å². The van der Waals surface area contributed by atoms with Crippen molar-refractivity contribution in [2.45, 2.75) is 6.92 Å². The van der Waals surface area contributed by atoms with Crippen LogP contribution in [-0.2, 0) is 19.6 Å². The second-order valence-corrected chi connectivity index (χ2v) is 8.66. The fourth-order valence-corrected chi connectivity index (χ4v) is 3.63. The van der Waals surface area contributed by atoms with Crippen LogP contribution < -0.4 is 14.9 Å². The number of methoxy groups -OCH3 is 1. The lowest BCUT2D eigenvalue weighted by Gasteiger charge is -2.36. The Labute approximate surface area is 170 Å². The number of aromatic carboxylic acids is 1. The molecule has 1 saturated heterocycles. The van der Waals surface area contributed by atoms with Crippen LogP contribution in [0.1, 0.15) is 17.3 Å². The van der Waals surface area contributed by atoms with E-state index in [0.29, 0.717) is 45.0 Å². The number of hydrogen-bond acceptors (Lipinski definition) is 7. The van der Waals surface area contributed by atoms with Crippen molar-refractivity contribution >= 4 is 33.3 Å². The number of rotatable bonds is 10. The summed E-state index contributed by atoms with van der Waals surface area (Å²) < 4.78 is 30.7. The molecule has 1 aliphatic heterocycles. The molecule has 1 heterocycles. The smallest absolute Gasteiger partial charge is 0.337 e. The summed E-state index contributed by atoms with van der Waals surface area (Å²) in [6, 6.07) is 4.51. The van der Waals surface area contributed by atoms with Gasteiger partial charge in [-0.3, -0.25) is 14.4 Å². The molecule has 1 aromatic carbocycles. The Bertz CT molecular complexity index is 822. The van der Waals surface area contributed by atoms with E-state index >= 15 is 0 Å². The molecule has 0 aromatic heterocycles. The Morgan fingerprint density at radius 2 is 1.90 bits per heavy atom. The molecule has 1 aliphatic rings. The number of nitrogens with zero attached hydrogens (tertiary/aromatic N) is 2. The summed E-state index contributed by atoms with van der Waals surface area (Å²) in [6.45, 7) is 5.06. The molecule has 0 aliphatic carbocycles. The quantitative estimate of drug-likeness (QED) is 0.446. The third kappa shape index (κ3) is 6.87. The zero-order chi connectivity index (χ0) is 21.4. The number of carbonyl (C=O) groups is 2. The second kappa shape index (κ2) is 10.4. The van der Waals surface area contributed by atoms with Crippen LogP contribution in [0.25, 0.3) is 0 Å². The second-order valence-electron chi connectivity index (χ2n) is 6.65. The van der Waals surface area contributed by atoms with Gasteiger partial charge in [0, 0.05) is 45.5 Å². The number of benzene rings is 1. The van der Waals surface area contributed by atoms with Gasteiger partial charge in [0.05, 0.1) is 30.2 Å². The minimum atomic E-state index is -3.49. The highest BCUT2D eigenvalue weighted by atomic mass is 32.2. The maximum atomic E-state index is 11.9. The van der Waals surface area contributed by atoms with Gasteiger partial charge in [-0.15, -0.1) is 0 Å². The fourth-order valence-electron chi connectivity index (χ4n) is 3.00. The number of amides is 1. The van der Waals surface area contributed by atoms with E-state index in [2.05, 4.69) is 10.0 Å². The predicted molar refractivity (Wildman–Crippen MR) is 110 cm³/mol. The van der Waals surface area contributed by atoms with E-state index in [1.165, 1.54) is 13.0 Å². The topological polar surface area (TPSA) is 128 Å². The molecule has 1 amide bonds. The number of sulfonamides is 1. The van der Waals surface area contributed by atoms with Crippen molar-refractivity contribution in [1.29, 1.82) is 0 Å². The molecule has 0 bridgehead atoms. The molecule has 1 aromatic rings. The molecule has 0 spiro atoms. The first-order valence-electron chi connectivity index (χ1n) is 9.36. The normalized spacial score (nSPS) is 15.2. The van der Waals surface area contributed by atoms with E-state index in [4.69, 9.17) is 4.74 Å². The average Bonchev–Trinajstić information content (AvgIpc) is 2.68. The van der Waals surface area contributed by atoms with E-state index in [1.807, 2.05) is 9.80 Å². The lowest BCUT2D eigenvalue weighted by molar-refractivity contribution is -0.122. The van der Waals surface area contributed by atoms with Crippen LogP contribution in [0.5, 0.6) is 0 Å². The number of hydrogen-bond donors (Lipinski definition) is 3. The first-order valence-corrected chi connectivity index (χ1v) is 11.0. The lowest BCUT2D eigenvalue weighted by Crippen LogP contribution is -2.50. The van der Waals surface area contributed by atoms with E-state index in [0.717, 1.165) is 0 Å². The fraction of sp³-hybridized carbons (Fsp3) is 0.556. The van der Waals surface area contributed by atoms with Crippen LogP contribution in [0.2, 0.25) is 0 Å². The molecule has 162 valence electrons. The van der Waals surface area contributed by atoms with Gasteiger partial charge in [0.1, 0.15) is 0 Å². The molecule has 11 heteroatoms. The number of carboxylic acid groups (broad SMARTS) is 1. The van der Waals surface area contributed by atoms with Gasteiger partial charge in [0.2, 0.25) is 15.9 Å². The molecule has 0 saturated carbocycles. The number of carboxylic acids is 1. The zero-order valence-corrected chi connectivity index (χ0v) is 17.5. The zero-order valence-electron chi connectivity index (χ0n) is 16.7. The highest BCUT2D eigenvalue weighted by Crippen LogP contribution is 2.26. The predicted octanol–water partition coefficient (Wildman–Crippen LogP) is 0.0310. The van der Waals surface area contributed by atoms with Crippen molar-refractivity contribution in [3.63, 3.8) is 0 Å².